The average molecular weight is 537 g/mol. The fourth-order valence-electron chi connectivity index (χ4n) is 4.29. The quantitative estimate of drug-likeness (QED) is 0.219. The molecule has 0 spiro atoms. The van der Waals surface area contributed by atoms with Crippen LogP contribution < -0.4 is 5.32 Å². The largest absolute Gasteiger partial charge is 0.467 e. The Morgan fingerprint density at radius 2 is 1.32 bits per heavy atom. The van der Waals surface area contributed by atoms with Gasteiger partial charge in [-0.25, -0.2) is 4.79 Å². The molecule has 0 aliphatic carbocycles. The highest BCUT2D eigenvalue weighted by atomic mass is 32.2. The maximum absolute atomic E-state index is 13.6. The van der Waals surface area contributed by atoms with Gasteiger partial charge in [0.05, 0.1) is 11.9 Å². The van der Waals surface area contributed by atoms with Crippen LogP contribution in [0.15, 0.2) is 91.0 Å². The van der Waals surface area contributed by atoms with E-state index in [9.17, 15) is 14.4 Å². The molecule has 0 heterocycles. The average Bonchev–Trinajstić information content (AvgIpc) is 2.94. The fraction of sp³-hybridized carbons (Fsp3) is 0.276. The van der Waals surface area contributed by atoms with Crippen molar-refractivity contribution in [2.45, 2.75) is 23.8 Å². The number of rotatable bonds is 11. The van der Waals surface area contributed by atoms with E-state index in [0.717, 1.165) is 16.7 Å². The molecule has 3 aromatic carbocycles. The monoisotopic (exact) mass is 536 g/mol. The summed E-state index contributed by atoms with van der Waals surface area (Å²) in [6.45, 7) is 1.38. The zero-order valence-corrected chi connectivity index (χ0v) is 22.9. The smallest absolute Gasteiger partial charge is 0.329 e. The lowest BCUT2D eigenvalue weighted by Gasteiger charge is -2.37. The van der Waals surface area contributed by atoms with E-state index >= 15 is 0 Å². The number of methoxy groups -OCH3 is 1. The van der Waals surface area contributed by atoms with Gasteiger partial charge in [-0.1, -0.05) is 91.0 Å². The van der Waals surface area contributed by atoms with Crippen LogP contribution in [0, 0.1) is 0 Å². The van der Waals surface area contributed by atoms with E-state index in [-0.39, 0.29) is 17.4 Å². The van der Waals surface area contributed by atoms with Crippen LogP contribution in [0.25, 0.3) is 0 Å². The van der Waals surface area contributed by atoms with Crippen LogP contribution in [-0.2, 0) is 23.9 Å². The number of esters is 1. The number of thiol groups is 1. The van der Waals surface area contributed by atoms with Gasteiger partial charge in [0.15, 0.2) is 0 Å². The molecule has 6 nitrogen and oxygen atoms in total. The molecular formula is C29H32N2O4S2. The molecule has 2 amide bonds. The lowest BCUT2D eigenvalue weighted by Crippen LogP contribution is -2.54. The number of ether oxygens (including phenoxy) is 1. The van der Waals surface area contributed by atoms with E-state index in [1.807, 2.05) is 54.6 Å². The highest BCUT2D eigenvalue weighted by molar-refractivity contribution is 8.00. The lowest BCUT2D eigenvalue weighted by molar-refractivity contribution is -0.151. The third-order valence-corrected chi connectivity index (χ3v) is 8.13. The second-order valence-corrected chi connectivity index (χ2v) is 10.1. The van der Waals surface area contributed by atoms with Crippen molar-refractivity contribution in [3.63, 3.8) is 0 Å². The Labute approximate surface area is 228 Å². The van der Waals surface area contributed by atoms with E-state index in [4.69, 9.17) is 4.74 Å². The molecule has 0 saturated carbocycles. The van der Waals surface area contributed by atoms with E-state index < -0.39 is 28.7 Å². The Hall–Kier alpha value is -3.23. The van der Waals surface area contributed by atoms with Crippen LogP contribution >= 0.6 is 24.4 Å². The molecule has 0 aromatic heterocycles. The topological polar surface area (TPSA) is 75.7 Å². The minimum absolute atomic E-state index is 0.0941. The highest BCUT2D eigenvalue weighted by Crippen LogP contribution is 2.48. The number of carbonyl (C=O) groups excluding carboxylic acids is 3. The maximum Gasteiger partial charge on any atom is 0.329 e. The predicted molar refractivity (Wildman–Crippen MR) is 152 cm³/mol. The first-order valence-electron chi connectivity index (χ1n) is 11.9. The fourth-order valence-corrected chi connectivity index (χ4v) is 6.23. The Morgan fingerprint density at radius 3 is 1.68 bits per heavy atom. The number of thioether (sulfide) groups is 1. The Balaban J connectivity index is 2.07. The molecule has 0 bridgehead atoms. The van der Waals surface area contributed by atoms with Gasteiger partial charge < -0.3 is 15.0 Å². The third kappa shape index (κ3) is 6.56. The lowest BCUT2D eigenvalue weighted by atomic mass is 9.84. The van der Waals surface area contributed by atoms with E-state index in [1.54, 1.807) is 11.8 Å². The molecule has 0 fully saturated rings. The molecule has 3 aromatic rings. The van der Waals surface area contributed by atoms with Gasteiger partial charge in [0.1, 0.15) is 12.1 Å². The molecule has 194 valence electrons. The van der Waals surface area contributed by atoms with Crippen LogP contribution in [0.2, 0.25) is 0 Å². The summed E-state index contributed by atoms with van der Waals surface area (Å²) in [6, 6.07) is 28.6. The van der Waals surface area contributed by atoms with Gasteiger partial charge in [-0.05, 0) is 16.7 Å². The minimum Gasteiger partial charge on any atom is -0.467 e. The summed E-state index contributed by atoms with van der Waals surface area (Å²) in [5, 5.41) is 2.80. The molecule has 37 heavy (non-hydrogen) atoms. The second-order valence-electron chi connectivity index (χ2n) is 8.51. The van der Waals surface area contributed by atoms with Crippen LogP contribution in [0.3, 0.4) is 0 Å². The first kappa shape index (κ1) is 28.3. The molecule has 0 aliphatic rings. The SMILES string of the molecule is COC(=O)[C@H](CS)N(C)C(=O)[C@H](CSC(c1ccccc1)(c1ccccc1)c1ccccc1)NC(C)=O. The van der Waals surface area contributed by atoms with Crippen molar-refractivity contribution in [3.8, 4) is 0 Å². The Kier molecular flexibility index (Phi) is 10.2. The summed E-state index contributed by atoms with van der Waals surface area (Å²) in [6.07, 6.45) is 0. The minimum atomic E-state index is -0.880. The van der Waals surface area contributed by atoms with Crippen LogP contribution in [-0.4, -0.2) is 60.4 Å². The summed E-state index contributed by atoms with van der Waals surface area (Å²) in [4.78, 5) is 39.3. The number of likely N-dealkylation sites (N-methyl/N-ethyl adjacent to an activating group) is 1. The van der Waals surface area contributed by atoms with Gasteiger partial charge in [0, 0.05) is 25.5 Å². The van der Waals surface area contributed by atoms with Crippen LogP contribution in [0.4, 0.5) is 0 Å². The highest BCUT2D eigenvalue weighted by Gasteiger charge is 2.39. The molecule has 3 rings (SSSR count). The number of benzene rings is 3. The number of carbonyl (C=O) groups is 3. The molecule has 8 heteroatoms. The summed E-state index contributed by atoms with van der Waals surface area (Å²) in [5.41, 5.74) is 3.13. The molecule has 0 radical (unpaired) electrons. The molecule has 0 unspecified atom stereocenters. The second kappa shape index (κ2) is 13.4. The number of amides is 2. The van der Waals surface area contributed by atoms with Crippen molar-refractivity contribution in [2.75, 3.05) is 25.7 Å². The first-order chi connectivity index (χ1) is 17.8. The van der Waals surface area contributed by atoms with Crippen molar-refractivity contribution in [3.05, 3.63) is 108 Å². The number of nitrogens with one attached hydrogen (secondary N) is 1. The van der Waals surface area contributed by atoms with Gasteiger partial charge in [-0.15, -0.1) is 11.8 Å². The molecule has 0 saturated heterocycles. The number of hydrogen-bond donors (Lipinski definition) is 2. The normalized spacial score (nSPS) is 12.8. The van der Waals surface area contributed by atoms with Gasteiger partial charge >= 0.3 is 5.97 Å². The summed E-state index contributed by atoms with van der Waals surface area (Å²) in [5.74, 6) is -0.946. The van der Waals surface area contributed by atoms with Crippen molar-refractivity contribution in [1.82, 2.24) is 10.2 Å². The summed E-state index contributed by atoms with van der Waals surface area (Å²) in [7, 11) is 2.80. The third-order valence-electron chi connectivity index (χ3n) is 6.14. The predicted octanol–water partition coefficient (Wildman–Crippen LogP) is 4.15. The van der Waals surface area contributed by atoms with Crippen LogP contribution in [0.1, 0.15) is 23.6 Å². The Morgan fingerprint density at radius 1 is 0.892 bits per heavy atom. The van der Waals surface area contributed by atoms with Crippen molar-refractivity contribution >= 4 is 42.2 Å². The standard InChI is InChI=1S/C29H32N2O4S2/c1-21(32)30-25(27(33)31(2)26(19-36)28(34)35-3)20-37-29(22-13-7-4-8-14-22,23-15-9-5-10-16-23)24-17-11-6-12-18-24/h4-18,25-26,36H,19-20H2,1-3H3,(H,30,32)/t25-,26-/m0/s1. The van der Waals surface area contributed by atoms with Gasteiger partial charge in [0.25, 0.3) is 0 Å². The van der Waals surface area contributed by atoms with Gasteiger partial charge in [-0.3, -0.25) is 9.59 Å². The zero-order valence-electron chi connectivity index (χ0n) is 21.2. The molecule has 0 aliphatic heterocycles. The molecular weight excluding hydrogens is 504 g/mol. The van der Waals surface area contributed by atoms with E-state index in [2.05, 4.69) is 54.3 Å². The van der Waals surface area contributed by atoms with E-state index in [1.165, 1.54) is 26.0 Å². The number of nitrogens with zero attached hydrogens (tertiary/aromatic N) is 1. The maximum atomic E-state index is 13.6. The van der Waals surface area contributed by atoms with Crippen molar-refractivity contribution in [2.24, 2.45) is 0 Å². The van der Waals surface area contributed by atoms with Gasteiger partial charge in [0.2, 0.25) is 11.8 Å². The van der Waals surface area contributed by atoms with E-state index in [0.29, 0.717) is 0 Å². The zero-order chi connectivity index (χ0) is 26.8. The number of hydrogen-bond acceptors (Lipinski definition) is 6. The Bertz CT molecular complexity index is 1080. The van der Waals surface area contributed by atoms with Crippen LogP contribution in [0.5, 0.6) is 0 Å². The summed E-state index contributed by atoms with van der Waals surface area (Å²) < 4.78 is 4.19. The van der Waals surface area contributed by atoms with Crippen molar-refractivity contribution in [1.29, 1.82) is 0 Å². The molecule has 2 atom stereocenters. The molecule has 1 N–H and O–H groups in total. The van der Waals surface area contributed by atoms with Gasteiger partial charge in [-0.2, -0.15) is 12.6 Å². The first-order valence-corrected chi connectivity index (χ1v) is 13.5. The summed E-state index contributed by atoms with van der Waals surface area (Å²) >= 11 is 5.80. The van der Waals surface area contributed by atoms with Crippen molar-refractivity contribution < 1.29 is 19.1 Å².